The highest BCUT2D eigenvalue weighted by Gasteiger charge is 2.38. The average molecular weight is 277 g/mol. The highest BCUT2D eigenvalue weighted by molar-refractivity contribution is 5.85. The molecule has 1 aromatic carbocycles. The molecular weight excluding hydrogens is 262 g/mol. The van der Waals surface area contributed by atoms with Crippen LogP contribution in [0.25, 0.3) is 10.9 Å². The van der Waals surface area contributed by atoms with Gasteiger partial charge in [-0.25, -0.2) is 8.78 Å². The summed E-state index contributed by atoms with van der Waals surface area (Å²) < 4.78 is 28.5. The van der Waals surface area contributed by atoms with Crippen molar-refractivity contribution in [2.24, 2.45) is 12.8 Å². The van der Waals surface area contributed by atoms with E-state index in [0.717, 1.165) is 5.52 Å². The molecule has 1 atom stereocenters. The smallest absolute Gasteiger partial charge is 0.289 e. The first-order valence-electron chi connectivity index (χ1n) is 5.25. The molecule has 0 spiro atoms. The third kappa shape index (κ3) is 2.34. The molecule has 6 heteroatoms. The van der Waals surface area contributed by atoms with Crippen LogP contribution in [0.2, 0.25) is 0 Å². The minimum absolute atomic E-state index is 0. The van der Waals surface area contributed by atoms with Crippen molar-refractivity contribution in [2.75, 3.05) is 6.61 Å². The van der Waals surface area contributed by atoms with E-state index in [1.165, 1.54) is 0 Å². The predicted molar refractivity (Wildman–Crippen MR) is 69.1 cm³/mol. The molecule has 0 saturated heterocycles. The van der Waals surface area contributed by atoms with Crippen LogP contribution in [0.4, 0.5) is 8.78 Å². The number of para-hydroxylation sites is 1. The highest BCUT2D eigenvalue weighted by Crippen LogP contribution is 2.33. The third-order valence-corrected chi connectivity index (χ3v) is 2.93. The van der Waals surface area contributed by atoms with Crippen LogP contribution in [-0.2, 0) is 7.05 Å². The van der Waals surface area contributed by atoms with Crippen molar-refractivity contribution in [1.29, 1.82) is 0 Å². The number of aliphatic hydroxyl groups is 1. The summed E-state index contributed by atoms with van der Waals surface area (Å²) in [5, 5.41) is 9.36. The lowest BCUT2D eigenvalue weighted by Crippen LogP contribution is -2.36. The first-order chi connectivity index (χ1) is 7.97. The normalized spacial score (nSPS) is 13.4. The zero-order chi connectivity index (χ0) is 12.6. The fraction of sp³-hybridized carbons (Fsp3) is 0.333. The number of hydrogen-bond acceptors (Lipinski definition) is 2. The SMILES string of the molecule is Cl.Cn1cc([C@@H](N)C(F)(F)CO)c2ccccc21. The number of nitrogens with two attached hydrogens (primary N) is 1. The van der Waals surface area contributed by atoms with Gasteiger partial charge >= 0.3 is 0 Å². The molecule has 2 aromatic rings. The van der Waals surface area contributed by atoms with Gasteiger partial charge in [0.15, 0.2) is 0 Å². The van der Waals surface area contributed by atoms with E-state index in [0.29, 0.717) is 10.9 Å². The van der Waals surface area contributed by atoms with Crippen LogP contribution in [0, 0.1) is 0 Å². The summed E-state index contributed by atoms with van der Waals surface area (Å²) in [6, 6.07) is 5.69. The summed E-state index contributed by atoms with van der Waals surface area (Å²) >= 11 is 0. The summed E-state index contributed by atoms with van der Waals surface area (Å²) in [7, 11) is 1.77. The van der Waals surface area contributed by atoms with Crippen LogP contribution in [0.1, 0.15) is 11.6 Å². The number of alkyl halides is 2. The number of nitrogens with zero attached hydrogens (tertiary/aromatic N) is 1. The number of benzene rings is 1. The van der Waals surface area contributed by atoms with E-state index < -0.39 is 18.6 Å². The van der Waals surface area contributed by atoms with Crippen molar-refractivity contribution in [2.45, 2.75) is 12.0 Å². The second-order valence-electron chi connectivity index (χ2n) is 4.11. The molecule has 0 fully saturated rings. The number of halogens is 3. The molecule has 0 aliphatic carbocycles. The molecule has 2 rings (SSSR count). The molecule has 0 bridgehead atoms. The van der Waals surface area contributed by atoms with Crippen molar-refractivity contribution in [3.63, 3.8) is 0 Å². The number of rotatable bonds is 3. The molecule has 1 heterocycles. The van der Waals surface area contributed by atoms with Gasteiger partial charge in [-0.15, -0.1) is 12.4 Å². The van der Waals surface area contributed by atoms with Gasteiger partial charge < -0.3 is 15.4 Å². The summed E-state index contributed by atoms with van der Waals surface area (Å²) in [6.07, 6.45) is 1.58. The van der Waals surface area contributed by atoms with E-state index in [1.807, 2.05) is 12.1 Å². The Morgan fingerprint density at radius 2 is 2.00 bits per heavy atom. The van der Waals surface area contributed by atoms with Crippen LogP contribution in [-0.4, -0.2) is 22.2 Å². The molecule has 100 valence electrons. The lowest BCUT2D eigenvalue weighted by molar-refractivity contribution is -0.0708. The highest BCUT2D eigenvalue weighted by atomic mass is 35.5. The Bertz CT molecular complexity index is 542. The fourth-order valence-electron chi connectivity index (χ4n) is 1.95. The minimum Gasteiger partial charge on any atom is -0.390 e. The van der Waals surface area contributed by atoms with E-state index in [2.05, 4.69) is 0 Å². The Morgan fingerprint density at radius 1 is 1.39 bits per heavy atom. The summed E-state index contributed by atoms with van der Waals surface area (Å²) in [5.41, 5.74) is 6.73. The quantitative estimate of drug-likeness (QED) is 0.903. The Hall–Kier alpha value is -1.17. The Kier molecular flexibility index (Phi) is 4.32. The summed E-state index contributed by atoms with van der Waals surface area (Å²) in [4.78, 5) is 0. The maximum atomic E-state index is 13.4. The van der Waals surface area contributed by atoms with Crippen LogP contribution in [0.3, 0.4) is 0 Å². The van der Waals surface area contributed by atoms with Gasteiger partial charge in [0, 0.05) is 29.7 Å². The number of aryl methyl sites for hydroxylation is 1. The number of aliphatic hydroxyl groups excluding tert-OH is 1. The van der Waals surface area contributed by atoms with E-state index in [1.54, 1.807) is 29.9 Å². The molecule has 0 aliphatic heterocycles. The molecular formula is C12H15ClF2N2O. The number of aromatic nitrogens is 1. The second-order valence-corrected chi connectivity index (χ2v) is 4.11. The third-order valence-electron chi connectivity index (χ3n) is 2.93. The van der Waals surface area contributed by atoms with Crippen LogP contribution in [0.15, 0.2) is 30.5 Å². The fourth-order valence-corrected chi connectivity index (χ4v) is 1.95. The second kappa shape index (κ2) is 5.22. The molecule has 1 aromatic heterocycles. The lowest BCUT2D eigenvalue weighted by Gasteiger charge is -2.20. The number of fused-ring (bicyclic) bond motifs is 1. The largest absolute Gasteiger partial charge is 0.390 e. The first kappa shape index (κ1) is 14.9. The number of hydrogen-bond donors (Lipinski definition) is 2. The molecule has 0 aliphatic rings. The van der Waals surface area contributed by atoms with Gasteiger partial charge in [-0.05, 0) is 6.07 Å². The van der Waals surface area contributed by atoms with Crippen molar-refractivity contribution >= 4 is 23.3 Å². The van der Waals surface area contributed by atoms with Gasteiger partial charge in [0.1, 0.15) is 6.61 Å². The molecule has 0 unspecified atom stereocenters. The van der Waals surface area contributed by atoms with E-state index in [-0.39, 0.29) is 12.4 Å². The molecule has 0 radical (unpaired) electrons. The van der Waals surface area contributed by atoms with Crippen LogP contribution in [0.5, 0.6) is 0 Å². The van der Waals surface area contributed by atoms with Crippen LogP contribution >= 0.6 is 12.4 Å². The Balaban J connectivity index is 0.00000162. The van der Waals surface area contributed by atoms with Gasteiger partial charge in [0.25, 0.3) is 5.92 Å². The van der Waals surface area contributed by atoms with Gasteiger partial charge in [-0.2, -0.15) is 0 Å². The van der Waals surface area contributed by atoms with Gasteiger partial charge in [0.2, 0.25) is 0 Å². The van der Waals surface area contributed by atoms with Crippen LogP contribution < -0.4 is 5.73 Å². The summed E-state index contributed by atoms with van der Waals surface area (Å²) in [5.74, 6) is -3.32. The van der Waals surface area contributed by atoms with Gasteiger partial charge in [0.05, 0.1) is 6.04 Å². The zero-order valence-corrected chi connectivity index (χ0v) is 10.6. The maximum Gasteiger partial charge on any atom is 0.289 e. The van der Waals surface area contributed by atoms with Crippen molar-refractivity contribution < 1.29 is 13.9 Å². The zero-order valence-electron chi connectivity index (χ0n) is 9.81. The maximum absolute atomic E-state index is 13.4. The van der Waals surface area contributed by atoms with Crippen molar-refractivity contribution in [1.82, 2.24) is 4.57 Å². The molecule has 0 saturated carbocycles. The van der Waals surface area contributed by atoms with E-state index >= 15 is 0 Å². The Morgan fingerprint density at radius 3 is 2.61 bits per heavy atom. The summed E-state index contributed by atoms with van der Waals surface area (Å²) in [6.45, 7) is -1.25. The average Bonchev–Trinajstić information content (AvgIpc) is 2.66. The predicted octanol–water partition coefficient (Wildman–Crippen LogP) is 2.23. The molecule has 18 heavy (non-hydrogen) atoms. The van der Waals surface area contributed by atoms with Crippen molar-refractivity contribution in [3.05, 3.63) is 36.0 Å². The van der Waals surface area contributed by atoms with E-state index in [9.17, 15) is 8.78 Å². The standard InChI is InChI=1S/C12H14F2N2O.ClH/c1-16-6-9(11(15)12(13,14)7-17)8-4-2-3-5-10(8)16;/h2-6,11,17H,7,15H2,1H3;1H/t11-;/m1./s1. The topological polar surface area (TPSA) is 51.2 Å². The molecule has 3 nitrogen and oxygen atoms in total. The first-order valence-corrected chi connectivity index (χ1v) is 5.25. The van der Waals surface area contributed by atoms with E-state index in [4.69, 9.17) is 10.8 Å². The molecule has 0 amide bonds. The van der Waals surface area contributed by atoms with Gasteiger partial charge in [-0.1, -0.05) is 18.2 Å². The van der Waals surface area contributed by atoms with Gasteiger partial charge in [-0.3, -0.25) is 0 Å². The molecule has 3 N–H and O–H groups in total. The van der Waals surface area contributed by atoms with Crippen molar-refractivity contribution in [3.8, 4) is 0 Å². The minimum atomic E-state index is -3.32. The lowest BCUT2D eigenvalue weighted by atomic mass is 10.0. The Labute approximate surface area is 110 Å². The monoisotopic (exact) mass is 276 g/mol.